The molecule has 1 unspecified atom stereocenters. The number of para-hydroxylation sites is 1. The molecule has 0 aliphatic heterocycles. The lowest BCUT2D eigenvalue weighted by molar-refractivity contribution is -0.117. The van der Waals surface area contributed by atoms with Gasteiger partial charge in [-0.1, -0.05) is 68.8 Å². The van der Waals surface area contributed by atoms with Crippen LogP contribution in [-0.4, -0.2) is 41.7 Å². The van der Waals surface area contributed by atoms with Crippen molar-refractivity contribution in [2.24, 2.45) is 0 Å². The molecule has 4 rings (SSSR count). The Hall–Kier alpha value is -3.47. The van der Waals surface area contributed by atoms with E-state index in [2.05, 4.69) is 15.3 Å². The van der Waals surface area contributed by atoms with Gasteiger partial charge in [-0.3, -0.25) is 9.59 Å². The molecule has 216 valence electrons. The molecule has 0 saturated carbocycles. The van der Waals surface area contributed by atoms with E-state index in [0.717, 1.165) is 30.6 Å². The monoisotopic (exact) mass is 592 g/mol. The van der Waals surface area contributed by atoms with E-state index in [1.165, 1.54) is 22.1 Å². The number of carbonyl (C=O) groups is 1. The molecule has 1 heterocycles. The van der Waals surface area contributed by atoms with E-state index in [9.17, 15) is 18.0 Å². The molecule has 1 atom stereocenters. The zero-order valence-corrected chi connectivity index (χ0v) is 25.2. The quantitative estimate of drug-likeness (QED) is 0.186. The molecule has 0 fully saturated rings. The highest BCUT2D eigenvalue weighted by molar-refractivity contribution is 7.99. The molecule has 1 amide bonds. The summed E-state index contributed by atoms with van der Waals surface area (Å²) in [5, 5.41) is 3.37. The summed E-state index contributed by atoms with van der Waals surface area (Å²) in [6, 6.07) is 21.5. The number of nitrogens with zero attached hydrogens (tertiary/aromatic N) is 2. The number of benzene rings is 3. The van der Waals surface area contributed by atoms with Gasteiger partial charge in [-0.05, 0) is 62.2 Å². The highest BCUT2D eigenvalue weighted by atomic mass is 32.2. The number of amides is 1. The number of H-pyrrole nitrogens is 1. The summed E-state index contributed by atoms with van der Waals surface area (Å²) in [4.78, 5) is 35.1. The smallest absolute Gasteiger partial charge is 0.258 e. The molecule has 0 bridgehead atoms. The Morgan fingerprint density at radius 3 is 2.32 bits per heavy atom. The average Bonchev–Trinajstić information content (AvgIpc) is 2.98. The molecule has 0 saturated heterocycles. The normalized spacial score (nSPS) is 12.5. The van der Waals surface area contributed by atoms with Gasteiger partial charge in [0.1, 0.15) is 5.82 Å². The zero-order valence-electron chi connectivity index (χ0n) is 23.6. The van der Waals surface area contributed by atoms with Gasteiger partial charge in [0, 0.05) is 22.9 Å². The van der Waals surface area contributed by atoms with Crippen molar-refractivity contribution in [3.05, 3.63) is 89.0 Å². The van der Waals surface area contributed by atoms with E-state index < -0.39 is 21.8 Å². The topological polar surface area (TPSA) is 112 Å². The Morgan fingerprint density at radius 2 is 1.63 bits per heavy atom. The van der Waals surface area contributed by atoms with Crippen molar-refractivity contribution in [3.8, 4) is 0 Å². The van der Waals surface area contributed by atoms with Gasteiger partial charge in [-0.25, -0.2) is 13.4 Å². The first kappa shape index (κ1) is 30.5. The van der Waals surface area contributed by atoms with Crippen LogP contribution in [0.2, 0.25) is 0 Å². The van der Waals surface area contributed by atoms with Crippen LogP contribution in [0.4, 0.5) is 5.69 Å². The number of hydrogen-bond donors (Lipinski definition) is 2. The number of hydrogen-bond acceptors (Lipinski definition) is 6. The van der Waals surface area contributed by atoms with Gasteiger partial charge in [-0.2, -0.15) is 4.31 Å². The van der Waals surface area contributed by atoms with Gasteiger partial charge in [0.25, 0.3) is 5.56 Å². The van der Waals surface area contributed by atoms with Crippen molar-refractivity contribution in [2.75, 3.05) is 18.4 Å². The van der Waals surface area contributed by atoms with Gasteiger partial charge in [0.05, 0.1) is 27.4 Å². The highest BCUT2D eigenvalue weighted by Crippen LogP contribution is 2.36. The van der Waals surface area contributed by atoms with Crippen LogP contribution < -0.4 is 10.9 Å². The molecular weight excluding hydrogens is 556 g/mol. The Bertz CT molecular complexity index is 1650. The van der Waals surface area contributed by atoms with Crippen molar-refractivity contribution in [1.82, 2.24) is 14.3 Å². The van der Waals surface area contributed by atoms with Crippen molar-refractivity contribution >= 4 is 44.3 Å². The van der Waals surface area contributed by atoms with Crippen LogP contribution in [0.15, 0.2) is 92.3 Å². The van der Waals surface area contributed by atoms with Crippen LogP contribution in [0.25, 0.3) is 10.9 Å². The molecule has 0 spiro atoms. The van der Waals surface area contributed by atoms with E-state index in [0.29, 0.717) is 34.6 Å². The second kappa shape index (κ2) is 13.9. The summed E-state index contributed by atoms with van der Waals surface area (Å²) in [6.45, 7) is 6.61. The van der Waals surface area contributed by atoms with Gasteiger partial charge in [0.2, 0.25) is 15.9 Å². The Morgan fingerprint density at radius 1 is 0.976 bits per heavy atom. The minimum Gasteiger partial charge on any atom is -0.324 e. The maximum absolute atomic E-state index is 13.7. The molecule has 0 aliphatic rings. The number of rotatable bonds is 13. The lowest BCUT2D eigenvalue weighted by Gasteiger charge is -2.23. The molecule has 3 aromatic carbocycles. The van der Waals surface area contributed by atoms with Crippen LogP contribution in [0.3, 0.4) is 0 Å². The van der Waals surface area contributed by atoms with Gasteiger partial charge in [-0.15, -0.1) is 0 Å². The van der Waals surface area contributed by atoms with Gasteiger partial charge < -0.3 is 10.3 Å². The predicted molar refractivity (Wildman–Crippen MR) is 165 cm³/mol. The SMILES string of the molecule is CCCCN(CCCC)S(=O)(=O)c1ccc(Sc2ccccc2)c(NC(=O)C(C)c2nc3ccccc3c(=O)[nH]2)c1. The summed E-state index contributed by atoms with van der Waals surface area (Å²) >= 11 is 1.43. The first-order valence-electron chi connectivity index (χ1n) is 13.9. The van der Waals surface area contributed by atoms with Crippen LogP contribution in [-0.2, 0) is 14.8 Å². The molecule has 0 aliphatic carbocycles. The van der Waals surface area contributed by atoms with Crippen LogP contribution in [0, 0.1) is 0 Å². The number of fused-ring (bicyclic) bond motifs is 1. The largest absolute Gasteiger partial charge is 0.324 e. The first-order valence-corrected chi connectivity index (χ1v) is 16.2. The second-order valence-corrected chi connectivity index (χ2v) is 12.9. The maximum Gasteiger partial charge on any atom is 0.258 e. The van der Waals surface area contributed by atoms with Crippen molar-refractivity contribution in [1.29, 1.82) is 0 Å². The van der Waals surface area contributed by atoms with Gasteiger partial charge in [0.15, 0.2) is 0 Å². The average molecular weight is 593 g/mol. The summed E-state index contributed by atoms with van der Waals surface area (Å²) in [5.74, 6) is -0.980. The highest BCUT2D eigenvalue weighted by Gasteiger charge is 2.26. The number of anilines is 1. The number of unbranched alkanes of at least 4 members (excludes halogenated alkanes) is 2. The lowest BCUT2D eigenvalue weighted by atomic mass is 10.1. The molecule has 0 radical (unpaired) electrons. The zero-order chi connectivity index (χ0) is 29.4. The first-order chi connectivity index (χ1) is 19.7. The lowest BCUT2D eigenvalue weighted by Crippen LogP contribution is -2.33. The minimum absolute atomic E-state index is 0.127. The minimum atomic E-state index is -3.78. The van der Waals surface area contributed by atoms with E-state index in [-0.39, 0.29) is 16.3 Å². The van der Waals surface area contributed by atoms with Crippen LogP contribution >= 0.6 is 11.8 Å². The van der Waals surface area contributed by atoms with Crippen LogP contribution in [0.1, 0.15) is 58.2 Å². The van der Waals surface area contributed by atoms with Gasteiger partial charge >= 0.3 is 0 Å². The third-order valence-corrected chi connectivity index (χ3v) is 9.75. The van der Waals surface area contributed by atoms with E-state index in [1.807, 2.05) is 44.2 Å². The Kier molecular flexibility index (Phi) is 10.4. The predicted octanol–water partition coefficient (Wildman–Crippen LogP) is 6.41. The Labute approximate surface area is 245 Å². The van der Waals surface area contributed by atoms with E-state index >= 15 is 0 Å². The number of sulfonamides is 1. The number of aromatic nitrogens is 2. The van der Waals surface area contributed by atoms with Crippen molar-refractivity contribution < 1.29 is 13.2 Å². The molecule has 1 aromatic heterocycles. The molecule has 4 aromatic rings. The number of aromatic amines is 1. The summed E-state index contributed by atoms with van der Waals surface area (Å²) < 4.78 is 29.0. The Balaban J connectivity index is 1.69. The number of nitrogens with one attached hydrogen (secondary N) is 2. The third kappa shape index (κ3) is 7.44. The summed E-state index contributed by atoms with van der Waals surface area (Å²) in [5.41, 5.74) is 0.558. The van der Waals surface area contributed by atoms with Crippen LogP contribution in [0.5, 0.6) is 0 Å². The summed E-state index contributed by atoms with van der Waals surface area (Å²) in [7, 11) is -3.78. The van der Waals surface area contributed by atoms with E-state index in [4.69, 9.17) is 0 Å². The molecular formula is C31H36N4O4S2. The fourth-order valence-corrected chi connectivity index (χ4v) is 6.76. The maximum atomic E-state index is 13.7. The molecule has 41 heavy (non-hydrogen) atoms. The van der Waals surface area contributed by atoms with E-state index in [1.54, 1.807) is 43.3 Å². The van der Waals surface area contributed by atoms with Crippen molar-refractivity contribution in [2.45, 2.75) is 67.1 Å². The molecule has 8 nitrogen and oxygen atoms in total. The second-order valence-electron chi connectivity index (χ2n) is 9.86. The summed E-state index contributed by atoms with van der Waals surface area (Å²) in [6.07, 6.45) is 3.30. The standard InChI is InChI=1S/C31H36N4O4S2/c1-4-6-19-35(20-7-5-2)41(38,39)24-17-18-28(40-23-13-9-8-10-14-23)27(21-24)33-30(36)22(3)29-32-26-16-12-11-15-25(26)31(37)34-29/h8-18,21-22H,4-7,19-20H2,1-3H3,(H,33,36)(H,32,34,37). The fourth-order valence-electron chi connectivity index (χ4n) is 4.32. The fraction of sp³-hybridized carbons (Fsp3) is 0.323. The van der Waals surface area contributed by atoms with Crippen molar-refractivity contribution in [3.63, 3.8) is 0 Å². The third-order valence-electron chi connectivity index (χ3n) is 6.77. The number of carbonyl (C=O) groups excluding carboxylic acids is 1. The molecule has 10 heteroatoms. The molecule has 2 N–H and O–H groups in total.